The molecule has 4 amide bonds. The fourth-order valence-corrected chi connectivity index (χ4v) is 4.11. The maximum Gasteiger partial charge on any atom is 0.321 e. The number of benzene rings is 2. The molecule has 0 atom stereocenters. The highest BCUT2D eigenvalue weighted by Crippen LogP contribution is 2.21. The maximum atomic E-state index is 12.6. The smallest absolute Gasteiger partial charge is 0.321 e. The van der Waals surface area contributed by atoms with E-state index in [1.54, 1.807) is 54.5 Å². The molecule has 0 unspecified atom stereocenters. The molecule has 0 radical (unpaired) electrons. The monoisotopic (exact) mass is 517 g/mol. The number of hydrogen-bond acceptors (Lipinski definition) is 6. The molecule has 2 heterocycles. The van der Waals surface area contributed by atoms with Crippen molar-refractivity contribution in [1.29, 1.82) is 0 Å². The summed E-state index contributed by atoms with van der Waals surface area (Å²) in [4.78, 5) is 43.1. The quantitative estimate of drug-likeness (QED) is 0.417. The predicted octanol–water partition coefficient (Wildman–Crippen LogP) is 3.91. The van der Waals surface area contributed by atoms with Crippen LogP contribution in [0.3, 0.4) is 0 Å². The van der Waals surface area contributed by atoms with Gasteiger partial charge in [0.1, 0.15) is 12.3 Å². The average molecular weight is 518 g/mol. The van der Waals surface area contributed by atoms with Gasteiger partial charge in [-0.3, -0.25) is 9.59 Å². The van der Waals surface area contributed by atoms with Crippen molar-refractivity contribution in [1.82, 2.24) is 9.80 Å². The lowest BCUT2D eigenvalue weighted by Crippen LogP contribution is -2.50. The lowest BCUT2D eigenvalue weighted by Gasteiger charge is -2.36. The van der Waals surface area contributed by atoms with Crippen LogP contribution in [0.5, 0.6) is 5.75 Å². The number of ether oxygens (including phenoxy) is 1. The Morgan fingerprint density at radius 2 is 1.63 bits per heavy atom. The van der Waals surface area contributed by atoms with Gasteiger partial charge in [-0.05, 0) is 60.7 Å². The highest BCUT2D eigenvalue weighted by atomic mass is 16.5. The second-order valence-electron chi connectivity index (χ2n) is 8.68. The summed E-state index contributed by atoms with van der Waals surface area (Å²) in [5.74, 6) is 0.201. The van der Waals surface area contributed by atoms with Crippen molar-refractivity contribution in [2.45, 2.75) is 0 Å². The van der Waals surface area contributed by atoms with E-state index in [0.717, 1.165) is 11.4 Å². The summed E-state index contributed by atoms with van der Waals surface area (Å²) in [5.41, 5.74) is 2.34. The molecule has 3 aromatic rings. The second-order valence-corrected chi connectivity index (χ2v) is 8.68. The van der Waals surface area contributed by atoms with Crippen molar-refractivity contribution in [3.05, 3.63) is 85.3 Å². The number of nitrogens with one attached hydrogen (secondary N) is 2. The molecule has 2 aromatic carbocycles. The van der Waals surface area contributed by atoms with E-state index in [-0.39, 0.29) is 36.7 Å². The third-order valence-corrected chi connectivity index (χ3v) is 6.13. The zero-order valence-corrected chi connectivity index (χ0v) is 21.3. The average Bonchev–Trinajstić information content (AvgIpc) is 3.48. The van der Waals surface area contributed by atoms with Gasteiger partial charge >= 0.3 is 6.03 Å². The largest absolute Gasteiger partial charge is 0.497 e. The van der Waals surface area contributed by atoms with Gasteiger partial charge in [0.2, 0.25) is 5.91 Å². The number of urea groups is 1. The Hall–Kier alpha value is -4.73. The summed E-state index contributed by atoms with van der Waals surface area (Å²) in [6, 6.07) is 17.8. The maximum absolute atomic E-state index is 12.6. The Morgan fingerprint density at radius 1 is 0.974 bits per heavy atom. The molecule has 2 N–H and O–H groups in total. The van der Waals surface area contributed by atoms with Crippen LogP contribution in [0.1, 0.15) is 10.6 Å². The summed E-state index contributed by atoms with van der Waals surface area (Å²) < 4.78 is 10.3. The molecule has 1 aliphatic heterocycles. The van der Waals surface area contributed by atoms with Gasteiger partial charge in [-0.25, -0.2) is 4.79 Å². The molecule has 198 valence electrons. The van der Waals surface area contributed by atoms with Crippen LogP contribution < -0.4 is 20.3 Å². The number of anilines is 3. The molecule has 0 bridgehead atoms. The lowest BCUT2D eigenvalue weighted by molar-refractivity contribution is -0.116. The Labute approximate surface area is 221 Å². The summed E-state index contributed by atoms with van der Waals surface area (Å²) >= 11 is 0. The molecule has 1 aliphatic rings. The fourth-order valence-electron chi connectivity index (χ4n) is 4.11. The molecule has 1 saturated heterocycles. The standard InChI is InChI=1S/C28H31N5O5/c1-3-14-33(27(35)25-5-4-19-38-25)20-26(34)29-21-6-10-23(11-7-21)31-15-17-32(18-16-31)28(36)30-22-8-12-24(37-2)13-9-22/h3-13,19H,1,14-18,20H2,2H3,(H,29,34)(H,30,36). The number of nitrogens with zero attached hydrogens (tertiary/aromatic N) is 3. The van der Waals surface area contributed by atoms with Crippen LogP contribution in [-0.2, 0) is 4.79 Å². The fraction of sp³-hybridized carbons (Fsp3) is 0.250. The molecular weight excluding hydrogens is 486 g/mol. The molecule has 0 saturated carbocycles. The minimum Gasteiger partial charge on any atom is -0.497 e. The number of carbonyl (C=O) groups excluding carboxylic acids is 3. The van der Waals surface area contributed by atoms with E-state index in [9.17, 15) is 14.4 Å². The van der Waals surface area contributed by atoms with Crippen molar-refractivity contribution >= 4 is 34.9 Å². The van der Waals surface area contributed by atoms with Crippen molar-refractivity contribution in [3.63, 3.8) is 0 Å². The van der Waals surface area contributed by atoms with Crippen LogP contribution in [0.25, 0.3) is 0 Å². The third-order valence-electron chi connectivity index (χ3n) is 6.13. The number of methoxy groups -OCH3 is 1. The number of furan rings is 1. The molecule has 0 spiro atoms. The summed E-state index contributed by atoms with van der Waals surface area (Å²) in [7, 11) is 1.60. The highest BCUT2D eigenvalue weighted by Gasteiger charge is 2.22. The van der Waals surface area contributed by atoms with Crippen molar-refractivity contribution in [3.8, 4) is 5.75 Å². The minimum atomic E-state index is -0.378. The van der Waals surface area contributed by atoms with E-state index in [1.165, 1.54) is 11.2 Å². The molecule has 4 rings (SSSR count). The summed E-state index contributed by atoms with van der Waals surface area (Å²) in [6.45, 7) is 6.29. The molecule has 0 aliphatic carbocycles. The summed E-state index contributed by atoms with van der Waals surface area (Å²) in [5, 5.41) is 5.74. The van der Waals surface area contributed by atoms with Crippen LogP contribution in [0.4, 0.5) is 21.9 Å². The van der Waals surface area contributed by atoms with Gasteiger partial charge in [-0.15, -0.1) is 6.58 Å². The second kappa shape index (κ2) is 12.5. The molecule has 10 nitrogen and oxygen atoms in total. The van der Waals surface area contributed by atoms with E-state index in [0.29, 0.717) is 37.6 Å². The molecule has 10 heteroatoms. The van der Waals surface area contributed by atoms with Gasteiger partial charge in [0, 0.05) is 49.8 Å². The van der Waals surface area contributed by atoms with E-state index < -0.39 is 0 Å². The molecule has 1 fully saturated rings. The van der Waals surface area contributed by atoms with Crippen LogP contribution >= 0.6 is 0 Å². The van der Waals surface area contributed by atoms with E-state index in [4.69, 9.17) is 9.15 Å². The third kappa shape index (κ3) is 6.73. The molecular formula is C28H31N5O5. The molecule has 38 heavy (non-hydrogen) atoms. The Morgan fingerprint density at radius 3 is 2.24 bits per heavy atom. The number of amides is 4. The van der Waals surface area contributed by atoms with Gasteiger partial charge in [0.25, 0.3) is 5.91 Å². The number of hydrogen-bond donors (Lipinski definition) is 2. The minimum absolute atomic E-state index is 0.131. The van der Waals surface area contributed by atoms with Crippen molar-refractivity contribution < 1.29 is 23.5 Å². The van der Waals surface area contributed by atoms with Gasteiger partial charge in [-0.1, -0.05) is 6.08 Å². The summed E-state index contributed by atoms with van der Waals surface area (Å²) in [6.07, 6.45) is 2.98. The topological polar surface area (TPSA) is 107 Å². The number of rotatable bonds is 9. The van der Waals surface area contributed by atoms with Crippen LogP contribution in [-0.4, -0.2) is 74.0 Å². The zero-order chi connectivity index (χ0) is 26.9. The Bertz CT molecular complexity index is 1230. The Kier molecular flexibility index (Phi) is 8.65. The van der Waals surface area contributed by atoms with E-state index in [2.05, 4.69) is 22.1 Å². The van der Waals surface area contributed by atoms with E-state index >= 15 is 0 Å². The van der Waals surface area contributed by atoms with Gasteiger partial charge in [-0.2, -0.15) is 0 Å². The SMILES string of the molecule is C=CCN(CC(=O)Nc1ccc(N2CCN(C(=O)Nc3ccc(OC)cc3)CC2)cc1)C(=O)c1ccco1. The predicted molar refractivity (Wildman–Crippen MR) is 146 cm³/mol. The van der Waals surface area contributed by atoms with Crippen LogP contribution in [0, 0.1) is 0 Å². The van der Waals surface area contributed by atoms with Gasteiger partial charge < -0.3 is 34.5 Å². The van der Waals surface area contributed by atoms with E-state index in [1.807, 2.05) is 24.3 Å². The number of piperazine rings is 1. The zero-order valence-electron chi connectivity index (χ0n) is 21.3. The first-order valence-corrected chi connectivity index (χ1v) is 12.3. The first-order valence-electron chi connectivity index (χ1n) is 12.3. The first kappa shape index (κ1) is 26.3. The van der Waals surface area contributed by atoms with Crippen molar-refractivity contribution in [2.75, 3.05) is 61.9 Å². The lowest BCUT2D eigenvalue weighted by atomic mass is 10.2. The number of carbonyl (C=O) groups is 3. The normalized spacial score (nSPS) is 13.0. The van der Waals surface area contributed by atoms with Crippen LogP contribution in [0.2, 0.25) is 0 Å². The first-order chi connectivity index (χ1) is 18.5. The van der Waals surface area contributed by atoms with Crippen molar-refractivity contribution in [2.24, 2.45) is 0 Å². The van der Waals surface area contributed by atoms with Crippen LogP contribution in [0.15, 0.2) is 84.0 Å². The molecule has 1 aromatic heterocycles. The highest BCUT2D eigenvalue weighted by molar-refractivity contribution is 5.98. The Balaban J connectivity index is 1.25. The van der Waals surface area contributed by atoms with Gasteiger partial charge in [0.05, 0.1) is 13.4 Å². The van der Waals surface area contributed by atoms with Gasteiger partial charge in [0.15, 0.2) is 5.76 Å².